The molecule has 1 rings (SSSR count). The van der Waals surface area contributed by atoms with Gasteiger partial charge in [-0.1, -0.05) is 13.3 Å². The van der Waals surface area contributed by atoms with Gasteiger partial charge in [-0.2, -0.15) is 10.4 Å². The first-order valence-corrected chi connectivity index (χ1v) is 4.43. The van der Waals surface area contributed by atoms with Gasteiger partial charge in [0.1, 0.15) is 17.5 Å². The fraction of sp³-hybridized carbons (Fsp3) is 0.556. The lowest BCUT2D eigenvalue weighted by molar-refractivity contribution is 0.575. The van der Waals surface area contributed by atoms with Crippen LogP contribution >= 0.6 is 0 Å². The highest BCUT2D eigenvalue weighted by Crippen LogP contribution is 2.14. The molecule has 0 radical (unpaired) electrons. The van der Waals surface area contributed by atoms with Crippen molar-refractivity contribution in [3.05, 3.63) is 11.3 Å². The number of rotatable bonds is 3. The van der Waals surface area contributed by atoms with Crippen molar-refractivity contribution in [3.63, 3.8) is 0 Å². The summed E-state index contributed by atoms with van der Waals surface area (Å²) in [5.74, 6) is 0.494. The van der Waals surface area contributed by atoms with Crippen LogP contribution in [0.15, 0.2) is 0 Å². The van der Waals surface area contributed by atoms with Crippen LogP contribution in [0.1, 0.15) is 31.0 Å². The molecular weight excluding hydrogens is 164 g/mol. The van der Waals surface area contributed by atoms with Crippen molar-refractivity contribution in [2.75, 3.05) is 5.73 Å². The summed E-state index contributed by atoms with van der Waals surface area (Å²) in [6, 6.07) is 2.05. The second-order valence-corrected chi connectivity index (χ2v) is 3.03. The van der Waals surface area contributed by atoms with Gasteiger partial charge in [-0.3, -0.25) is 0 Å². The summed E-state index contributed by atoms with van der Waals surface area (Å²) >= 11 is 0. The maximum Gasteiger partial charge on any atom is 0.140 e. The molecule has 0 bridgehead atoms. The molecule has 0 fully saturated rings. The van der Waals surface area contributed by atoms with Gasteiger partial charge in [0.15, 0.2) is 0 Å². The molecule has 0 aromatic carbocycles. The monoisotopic (exact) mass is 178 g/mol. The maximum atomic E-state index is 8.75. The van der Waals surface area contributed by atoms with Crippen LogP contribution in [-0.2, 0) is 6.54 Å². The molecule has 0 aliphatic heterocycles. The lowest BCUT2D eigenvalue weighted by Gasteiger charge is -2.01. The molecule has 1 heterocycles. The zero-order valence-electron chi connectivity index (χ0n) is 8.04. The lowest BCUT2D eigenvalue weighted by Crippen LogP contribution is -2.04. The Morgan fingerprint density at radius 3 is 2.77 bits per heavy atom. The fourth-order valence-corrected chi connectivity index (χ4v) is 1.22. The van der Waals surface area contributed by atoms with Gasteiger partial charge in [0.05, 0.1) is 5.69 Å². The summed E-state index contributed by atoms with van der Waals surface area (Å²) in [5.41, 5.74) is 6.96. The van der Waals surface area contributed by atoms with Gasteiger partial charge in [0, 0.05) is 6.54 Å². The molecule has 0 atom stereocenters. The molecular formula is C9H14N4. The Labute approximate surface area is 78.0 Å². The van der Waals surface area contributed by atoms with E-state index in [0.717, 1.165) is 25.1 Å². The third kappa shape index (κ3) is 1.81. The van der Waals surface area contributed by atoms with Crippen molar-refractivity contribution in [1.29, 1.82) is 5.26 Å². The van der Waals surface area contributed by atoms with Gasteiger partial charge in [0.2, 0.25) is 0 Å². The van der Waals surface area contributed by atoms with E-state index in [1.54, 1.807) is 11.6 Å². The first-order valence-electron chi connectivity index (χ1n) is 4.43. The summed E-state index contributed by atoms with van der Waals surface area (Å²) in [7, 11) is 0. The van der Waals surface area contributed by atoms with Gasteiger partial charge in [-0.05, 0) is 13.3 Å². The molecule has 0 saturated heterocycles. The first kappa shape index (κ1) is 9.59. The standard InChI is InChI=1S/C9H14N4/c1-3-4-5-13-9(11)8(6-10)7(2)12-13/h3-5,11H2,1-2H3. The van der Waals surface area contributed by atoms with Crippen LogP contribution < -0.4 is 5.73 Å². The van der Waals surface area contributed by atoms with E-state index >= 15 is 0 Å². The minimum atomic E-state index is 0.494. The number of aromatic nitrogens is 2. The summed E-state index contributed by atoms with van der Waals surface area (Å²) in [6.45, 7) is 4.71. The number of hydrogen-bond donors (Lipinski definition) is 1. The highest BCUT2D eigenvalue weighted by atomic mass is 15.3. The average molecular weight is 178 g/mol. The number of aryl methyl sites for hydroxylation is 2. The normalized spacial score (nSPS) is 9.92. The zero-order chi connectivity index (χ0) is 9.84. The van der Waals surface area contributed by atoms with Gasteiger partial charge < -0.3 is 5.73 Å². The van der Waals surface area contributed by atoms with Crippen LogP contribution in [0, 0.1) is 18.3 Å². The largest absolute Gasteiger partial charge is 0.383 e. The molecule has 0 unspecified atom stereocenters. The minimum Gasteiger partial charge on any atom is -0.383 e. The van der Waals surface area contributed by atoms with Crippen molar-refractivity contribution in [3.8, 4) is 6.07 Å². The third-order valence-electron chi connectivity index (χ3n) is 2.00. The lowest BCUT2D eigenvalue weighted by atomic mass is 10.3. The Balaban J connectivity index is 2.92. The fourth-order valence-electron chi connectivity index (χ4n) is 1.22. The number of anilines is 1. The van der Waals surface area contributed by atoms with E-state index in [0.29, 0.717) is 11.4 Å². The molecule has 0 amide bonds. The van der Waals surface area contributed by atoms with Gasteiger partial charge in [-0.25, -0.2) is 4.68 Å². The Hall–Kier alpha value is -1.50. The molecule has 1 aromatic heterocycles. The van der Waals surface area contributed by atoms with Crippen molar-refractivity contribution < 1.29 is 0 Å². The summed E-state index contributed by atoms with van der Waals surface area (Å²) in [5, 5.41) is 12.9. The SMILES string of the molecule is CCCCn1nc(C)c(C#N)c1N. The van der Waals surface area contributed by atoms with E-state index in [1.165, 1.54) is 0 Å². The Kier molecular flexibility index (Phi) is 2.91. The van der Waals surface area contributed by atoms with E-state index in [1.807, 2.05) is 0 Å². The number of unbranched alkanes of at least 4 members (excludes halogenated alkanes) is 1. The molecule has 4 heteroatoms. The van der Waals surface area contributed by atoms with Gasteiger partial charge >= 0.3 is 0 Å². The van der Waals surface area contributed by atoms with Crippen LogP contribution in [-0.4, -0.2) is 9.78 Å². The number of nitriles is 1. The third-order valence-corrected chi connectivity index (χ3v) is 2.00. The summed E-state index contributed by atoms with van der Waals surface area (Å²) in [4.78, 5) is 0. The molecule has 1 aromatic rings. The maximum absolute atomic E-state index is 8.75. The highest BCUT2D eigenvalue weighted by molar-refractivity contribution is 5.51. The van der Waals surface area contributed by atoms with Crippen molar-refractivity contribution in [1.82, 2.24) is 9.78 Å². The second-order valence-electron chi connectivity index (χ2n) is 3.03. The zero-order valence-corrected chi connectivity index (χ0v) is 8.04. The van der Waals surface area contributed by atoms with Crippen LogP contribution in [0.3, 0.4) is 0 Å². The van der Waals surface area contributed by atoms with Crippen molar-refractivity contribution >= 4 is 5.82 Å². The van der Waals surface area contributed by atoms with E-state index in [2.05, 4.69) is 18.1 Å². The number of hydrogen-bond acceptors (Lipinski definition) is 3. The van der Waals surface area contributed by atoms with E-state index in [9.17, 15) is 0 Å². The summed E-state index contributed by atoms with van der Waals surface area (Å²) < 4.78 is 1.71. The Morgan fingerprint density at radius 1 is 1.62 bits per heavy atom. The van der Waals surface area contributed by atoms with Crippen LogP contribution in [0.5, 0.6) is 0 Å². The molecule has 70 valence electrons. The van der Waals surface area contributed by atoms with Gasteiger partial charge in [0.25, 0.3) is 0 Å². The first-order chi connectivity index (χ1) is 6.20. The van der Waals surface area contributed by atoms with Crippen molar-refractivity contribution in [2.45, 2.75) is 33.2 Å². The van der Waals surface area contributed by atoms with Crippen LogP contribution in [0.2, 0.25) is 0 Å². The van der Waals surface area contributed by atoms with Crippen LogP contribution in [0.4, 0.5) is 5.82 Å². The van der Waals surface area contributed by atoms with E-state index in [4.69, 9.17) is 11.0 Å². The summed E-state index contributed by atoms with van der Waals surface area (Å²) in [6.07, 6.45) is 2.14. The Morgan fingerprint density at radius 2 is 2.31 bits per heavy atom. The predicted octanol–water partition coefficient (Wildman–Crippen LogP) is 1.45. The molecule has 0 aliphatic carbocycles. The van der Waals surface area contributed by atoms with Crippen molar-refractivity contribution in [2.24, 2.45) is 0 Å². The predicted molar refractivity (Wildman–Crippen MR) is 51.0 cm³/mol. The molecule has 0 spiro atoms. The quantitative estimate of drug-likeness (QED) is 0.761. The van der Waals surface area contributed by atoms with Crippen LogP contribution in [0.25, 0.3) is 0 Å². The molecule has 0 saturated carbocycles. The number of nitrogens with zero attached hydrogens (tertiary/aromatic N) is 3. The van der Waals surface area contributed by atoms with E-state index < -0.39 is 0 Å². The molecule has 4 nitrogen and oxygen atoms in total. The minimum absolute atomic E-state index is 0.494. The topological polar surface area (TPSA) is 67.6 Å². The number of nitrogen functional groups attached to an aromatic ring is 1. The van der Waals surface area contributed by atoms with E-state index in [-0.39, 0.29) is 0 Å². The molecule has 13 heavy (non-hydrogen) atoms. The Bertz CT molecular complexity index is 332. The average Bonchev–Trinajstić information content (AvgIpc) is 2.38. The molecule has 0 aliphatic rings. The van der Waals surface area contributed by atoms with Gasteiger partial charge in [-0.15, -0.1) is 0 Å². The highest BCUT2D eigenvalue weighted by Gasteiger charge is 2.10. The number of nitrogens with two attached hydrogens (primary N) is 1. The second kappa shape index (κ2) is 3.94. The molecule has 2 N–H and O–H groups in total. The smallest absolute Gasteiger partial charge is 0.140 e.